The average Bonchev–Trinajstić information content (AvgIpc) is 3.33. The highest BCUT2D eigenvalue weighted by molar-refractivity contribution is 6.04. The SMILES string of the molecule is O=C(Nc1ccc([C@H]2OCC(=O)N(C3CCOCC3)[C@@H]2CO)cc1)c1ccc2c(c1)OCO2. The number of nitrogens with one attached hydrogen (secondary N) is 1. The number of morpholine rings is 1. The molecule has 2 saturated heterocycles. The molecule has 3 aliphatic heterocycles. The maximum absolute atomic E-state index is 12.6. The molecular formula is C24H26N2O7. The number of carbonyl (C=O) groups is 2. The second-order valence-corrected chi connectivity index (χ2v) is 8.27. The molecule has 3 heterocycles. The number of anilines is 1. The molecule has 0 unspecified atom stereocenters. The van der Waals surface area contributed by atoms with Crippen molar-refractivity contribution >= 4 is 17.5 Å². The van der Waals surface area contributed by atoms with Crippen LogP contribution in [0.25, 0.3) is 0 Å². The van der Waals surface area contributed by atoms with Crippen molar-refractivity contribution in [3.63, 3.8) is 0 Å². The molecule has 0 spiro atoms. The van der Waals surface area contributed by atoms with Crippen LogP contribution in [0.3, 0.4) is 0 Å². The molecule has 33 heavy (non-hydrogen) atoms. The molecule has 2 amide bonds. The van der Waals surface area contributed by atoms with Crippen LogP contribution in [-0.2, 0) is 14.3 Å². The number of fused-ring (bicyclic) bond motifs is 1. The molecule has 2 atom stereocenters. The number of nitrogens with zero attached hydrogens (tertiary/aromatic N) is 1. The van der Waals surface area contributed by atoms with E-state index in [2.05, 4.69) is 5.32 Å². The maximum Gasteiger partial charge on any atom is 0.255 e. The van der Waals surface area contributed by atoms with Gasteiger partial charge in [-0.2, -0.15) is 0 Å². The van der Waals surface area contributed by atoms with Crippen molar-refractivity contribution in [2.75, 3.05) is 38.5 Å². The fourth-order valence-corrected chi connectivity index (χ4v) is 4.61. The Morgan fingerprint density at radius 2 is 1.82 bits per heavy atom. The van der Waals surface area contributed by atoms with Crippen molar-refractivity contribution in [2.45, 2.75) is 31.0 Å². The van der Waals surface area contributed by atoms with Crippen molar-refractivity contribution < 1.29 is 33.6 Å². The Hall–Kier alpha value is -3.14. The Morgan fingerprint density at radius 3 is 2.58 bits per heavy atom. The second-order valence-electron chi connectivity index (χ2n) is 8.27. The van der Waals surface area contributed by atoms with Gasteiger partial charge in [-0.15, -0.1) is 0 Å². The summed E-state index contributed by atoms with van der Waals surface area (Å²) in [6, 6.07) is 11.9. The monoisotopic (exact) mass is 454 g/mol. The van der Waals surface area contributed by atoms with E-state index in [1.807, 2.05) is 12.1 Å². The number of hydrogen-bond donors (Lipinski definition) is 2. The van der Waals surface area contributed by atoms with Gasteiger partial charge in [0.05, 0.1) is 12.6 Å². The number of carbonyl (C=O) groups excluding carboxylic acids is 2. The number of aliphatic hydroxyl groups is 1. The van der Waals surface area contributed by atoms with E-state index >= 15 is 0 Å². The fraction of sp³-hybridized carbons (Fsp3) is 0.417. The van der Waals surface area contributed by atoms with Gasteiger partial charge in [0.2, 0.25) is 12.7 Å². The van der Waals surface area contributed by atoms with Crippen molar-refractivity contribution in [3.05, 3.63) is 53.6 Å². The summed E-state index contributed by atoms with van der Waals surface area (Å²) in [5.41, 5.74) is 1.92. The smallest absolute Gasteiger partial charge is 0.255 e. The normalized spacial score (nSPS) is 22.9. The summed E-state index contributed by atoms with van der Waals surface area (Å²) in [5, 5.41) is 13.0. The fourth-order valence-electron chi connectivity index (χ4n) is 4.61. The summed E-state index contributed by atoms with van der Waals surface area (Å²) < 4.78 is 21.9. The second kappa shape index (κ2) is 9.38. The zero-order valence-electron chi connectivity index (χ0n) is 18.1. The number of benzene rings is 2. The van der Waals surface area contributed by atoms with E-state index in [1.165, 1.54) is 0 Å². The predicted octanol–water partition coefficient (Wildman–Crippen LogP) is 2.11. The quantitative estimate of drug-likeness (QED) is 0.713. The third-order valence-electron chi connectivity index (χ3n) is 6.28. The molecule has 9 heteroatoms. The molecule has 2 aromatic carbocycles. The third-order valence-corrected chi connectivity index (χ3v) is 6.28. The van der Waals surface area contributed by atoms with Crippen molar-refractivity contribution in [3.8, 4) is 11.5 Å². The average molecular weight is 454 g/mol. The topological polar surface area (TPSA) is 107 Å². The van der Waals surface area contributed by atoms with Crippen molar-refractivity contribution in [1.82, 2.24) is 4.90 Å². The molecule has 0 bridgehead atoms. The van der Waals surface area contributed by atoms with Gasteiger partial charge in [-0.25, -0.2) is 0 Å². The number of aliphatic hydroxyl groups excluding tert-OH is 1. The highest BCUT2D eigenvalue weighted by Gasteiger charge is 2.41. The van der Waals surface area contributed by atoms with Crippen LogP contribution < -0.4 is 14.8 Å². The van der Waals surface area contributed by atoms with Gasteiger partial charge in [0.1, 0.15) is 12.7 Å². The van der Waals surface area contributed by atoms with Gasteiger partial charge < -0.3 is 34.3 Å². The van der Waals surface area contributed by atoms with E-state index in [1.54, 1.807) is 35.2 Å². The van der Waals surface area contributed by atoms with E-state index in [0.717, 1.165) is 18.4 Å². The molecule has 2 fully saturated rings. The van der Waals surface area contributed by atoms with E-state index in [9.17, 15) is 14.7 Å². The zero-order chi connectivity index (χ0) is 22.8. The number of amides is 2. The molecule has 0 aromatic heterocycles. The lowest BCUT2D eigenvalue weighted by molar-refractivity contribution is -0.168. The first-order valence-corrected chi connectivity index (χ1v) is 11.1. The Bertz CT molecular complexity index is 1020. The van der Waals surface area contributed by atoms with Gasteiger partial charge in [-0.3, -0.25) is 9.59 Å². The van der Waals surface area contributed by atoms with E-state index in [4.69, 9.17) is 18.9 Å². The van der Waals surface area contributed by atoms with E-state index in [0.29, 0.717) is 36.0 Å². The number of ether oxygens (including phenoxy) is 4. The highest BCUT2D eigenvalue weighted by atomic mass is 16.7. The van der Waals surface area contributed by atoms with Crippen LogP contribution in [0.1, 0.15) is 34.9 Å². The minimum atomic E-state index is -0.469. The Kier molecular flexibility index (Phi) is 6.17. The molecule has 0 saturated carbocycles. The molecule has 5 rings (SSSR count). The molecular weight excluding hydrogens is 428 g/mol. The lowest BCUT2D eigenvalue weighted by Gasteiger charge is -2.45. The predicted molar refractivity (Wildman–Crippen MR) is 117 cm³/mol. The Balaban J connectivity index is 1.29. The van der Waals surface area contributed by atoms with Crippen LogP contribution in [0, 0.1) is 0 Å². The molecule has 9 nitrogen and oxygen atoms in total. The lowest BCUT2D eigenvalue weighted by atomic mass is 9.95. The Morgan fingerprint density at radius 1 is 1.06 bits per heavy atom. The van der Waals surface area contributed by atoms with Gasteiger partial charge in [0.15, 0.2) is 11.5 Å². The summed E-state index contributed by atoms with van der Waals surface area (Å²) in [4.78, 5) is 27.0. The highest BCUT2D eigenvalue weighted by Crippen LogP contribution is 2.34. The van der Waals surface area contributed by atoms with Crippen molar-refractivity contribution in [1.29, 1.82) is 0 Å². The van der Waals surface area contributed by atoms with Crippen LogP contribution in [-0.4, -0.2) is 67.1 Å². The van der Waals surface area contributed by atoms with Gasteiger partial charge in [0.25, 0.3) is 5.91 Å². The standard InChI is InChI=1S/C24H26N2O7/c27-12-19-23(31-13-22(28)26(19)18-7-9-30-10-8-18)15-1-4-17(5-2-15)25-24(29)16-3-6-20-21(11-16)33-14-32-20/h1-6,11,18-19,23,27H,7-10,12-14H2,(H,25,29)/t19-,23-/m1/s1. The molecule has 3 aliphatic rings. The minimum absolute atomic E-state index is 0.0267. The summed E-state index contributed by atoms with van der Waals surface area (Å²) in [7, 11) is 0. The zero-order valence-corrected chi connectivity index (χ0v) is 18.1. The maximum atomic E-state index is 12.6. The summed E-state index contributed by atoms with van der Waals surface area (Å²) in [6.07, 6.45) is 1.05. The van der Waals surface area contributed by atoms with Gasteiger partial charge in [-0.05, 0) is 48.7 Å². The summed E-state index contributed by atoms with van der Waals surface area (Å²) in [5.74, 6) is 0.797. The van der Waals surface area contributed by atoms with Gasteiger partial charge >= 0.3 is 0 Å². The molecule has 174 valence electrons. The van der Waals surface area contributed by atoms with Crippen LogP contribution in [0.15, 0.2) is 42.5 Å². The van der Waals surface area contributed by atoms with Gasteiger partial charge in [0, 0.05) is 30.5 Å². The largest absolute Gasteiger partial charge is 0.454 e. The van der Waals surface area contributed by atoms with Gasteiger partial charge in [-0.1, -0.05) is 12.1 Å². The Labute approximate surface area is 191 Å². The number of rotatable bonds is 5. The van der Waals surface area contributed by atoms with Crippen LogP contribution >= 0.6 is 0 Å². The molecule has 0 aliphatic carbocycles. The first-order valence-electron chi connectivity index (χ1n) is 11.1. The first-order chi connectivity index (χ1) is 16.1. The third kappa shape index (κ3) is 4.39. The van der Waals surface area contributed by atoms with Crippen LogP contribution in [0.2, 0.25) is 0 Å². The lowest BCUT2D eigenvalue weighted by Crippen LogP contribution is -2.57. The molecule has 0 radical (unpaired) electrons. The van der Waals surface area contributed by atoms with E-state index in [-0.39, 0.29) is 37.9 Å². The summed E-state index contributed by atoms with van der Waals surface area (Å²) in [6.45, 7) is 1.14. The molecule has 2 N–H and O–H groups in total. The van der Waals surface area contributed by atoms with E-state index < -0.39 is 12.1 Å². The van der Waals surface area contributed by atoms with Crippen molar-refractivity contribution in [2.24, 2.45) is 0 Å². The minimum Gasteiger partial charge on any atom is -0.454 e. The molecule has 2 aromatic rings. The number of hydrogen-bond acceptors (Lipinski definition) is 7. The first kappa shape index (κ1) is 21.7. The summed E-state index contributed by atoms with van der Waals surface area (Å²) >= 11 is 0. The van der Waals surface area contributed by atoms with Crippen LogP contribution in [0.4, 0.5) is 5.69 Å². The van der Waals surface area contributed by atoms with Crippen LogP contribution in [0.5, 0.6) is 11.5 Å².